The van der Waals surface area contributed by atoms with Gasteiger partial charge in [0.25, 0.3) is 0 Å². The normalized spacial score (nSPS) is 23.7. The zero-order chi connectivity index (χ0) is 13.1. The number of hydrogen-bond acceptors (Lipinski definition) is 2. The molecule has 0 spiro atoms. The van der Waals surface area contributed by atoms with E-state index >= 15 is 0 Å². The summed E-state index contributed by atoms with van der Waals surface area (Å²) < 4.78 is 18.2. The molecule has 0 aromatic heterocycles. The van der Waals surface area contributed by atoms with Gasteiger partial charge < -0.3 is 4.74 Å². The van der Waals surface area contributed by atoms with Gasteiger partial charge in [-0.05, 0) is 36.0 Å². The first-order valence-corrected chi connectivity index (χ1v) is 6.51. The maximum atomic E-state index is 13.6. The van der Waals surface area contributed by atoms with Crippen LogP contribution < -0.4 is 0 Å². The van der Waals surface area contributed by atoms with Crippen molar-refractivity contribution in [1.29, 1.82) is 0 Å². The van der Waals surface area contributed by atoms with Crippen molar-refractivity contribution in [2.75, 3.05) is 7.11 Å². The molecule has 1 aromatic carbocycles. The van der Waals surface area contributed by atoms with Gasteiger partial charge >= 0.3 is 5.97 Å². The molecular weight excluding hydrogens is 231 g/mol. The second kappa shape index (κ2) is 5.51. The molecule has 3 heteroatoms. The fourth-order valence-electron chi connectivity index (χ4n) is 2.85. The molecule has 0 N–H and O–H groups in total. The van der Waals surface area contributed by atoms with Crippen LogP contribution in [0, 0.1) is 11.7 Å². The van der Waals surface area contributed by atoms with E-state index in [1.807, 2.05) is 0 Å². The molecular formula is C15H19FO2. The van der Waals surface area contributed by atoms with Crippen LogP contribution in [0.3, 0.4) is 0 Å². The molecule has 2 nitrogen and oxygen atoms in total. The highest BCUT2D eigenvalue weighted by atomic mass is 19.1. The maximum absolute atomic E-state index is 13.6. The predicted octanol–water partition coefficient (Wildman–Crippen LogP) is 3.91. The highest BCUT2D eigenvalue weighted by molar-refractivity contribution is 5.89. The van der Waals surface area contributed by atoms with Crippen LogP contribution in [0.4, 0.5) is 4.39 Å². The first kappa shape index (κ1) is 13.1. The third kappa shape index (κ3) is 2.55. The van der Waals surface area contributed by atoms with Crippen LogP contribution >= 0.6 is 0 Å². The van der Waals surface area contributed by atoms with Crippen molar-refractivity contribution in [3.8, 4) is 0 Å². The van der Waals surface area contributed by atoms with E-state index in [1.54, 1.807) is 12.1 Å². The molecule has 0 unspecified atom stereocenters. The Morgan fingerprint density at radius 3 is 2.72 bits per heavy atom. The smallest absolute Gasteiger partial charge is 0.340 e. The molecule has 1 fully saturated rings. The average molecular weight is 250 g/mol. The fourth-order valence-corrected chi connectivity index (χ4v) is 2.85. The Hall–Kier alpha value is -1.38. The van der Waals surface area contributed by atoms with E-state index < -0.39 is 11.8 Å². The minimum atomic E-state index is -0.599. The quantitative estimate of drug-likeness (QED) is 0.744. The summed E-state index contributed by atoms with van der Waals surface area (Å²) in [6.07, 6.45) is 4.80. The molecule has 1 aliphatic carbocycles. The second-order valence-electron chi connectivity index (χ2n) is 5.10. The molecule has 1 saturated carbocycles. The minimum Gasteiger partial charge on any atom is -0.465 e. The first-order chi connectivity index (χ1) is 8.63. The highest BCUT2D eigenvalue weighted by Crippen LogP contribution is 2.37. The number of halogens is 1. The van der Waals surface area contributed by atoms with Gasteiger partial charge in [-0.1, -0.05) is 32.3 Å². The van der Waals surface area contributed by atoms with Crippen molar-refractivity contribution in [2.24, 2.45) is 5.92 Å². The largest absolute Gasteiger partial charge is 0.465 e. The third-order valence-electron chi connectivity index (χ3n) is 3.94. The van der Waals surface area contributed by atoms with Gasteiger partial charge in [-0.3, -0.25) is 0 Å². The van der Waals surface area contributed by atoms with Crippen LogP contribution in [-0.2, 0) is 4.74 Å². The summed E-state index contributed by atoms with van der Waals surface area (Å²) in [5.74, 6) is -0.0793. The van der Waals surface area contributed by atoms with Crippen molar-refractivity contribution < 1.29 is 13.9 Å². The Kier molecular flexibility index (Phi) is 4.00. The van der Waals surface area contributed by atoms with E-state index in [1.165, 1.54) is 32.4 Å². The lowest BCUT2D eigenvalue weighted by atomic mass is 9.76. The molecule has 0 saturated heterocycles. The molecule has 1 aromatic rings. The molecule has 0 aliphatic heterocycles. The van der Waals surface area contributed by atoms with Crippen molar-refractivity contribution in [2.45, 2.75) is 38.5 Å². The summed E-state index contributed by atoms with van der Waals surface area (Å²) in [4.78, 5) is 11.5. The SMILES string of the molecule is COC(=O)c1cc([C@H]2CCCC[C@@H]2C)ccc1F. The van der Waals surface area contributed by atoms with E-state index in [4.69, 9.17) is 0 Å². The number of carbonyl (C=O) groups excluding carboxylic acids is 1. The zero-order valence-corrected chi connectivity index (χ0v) is 10.9. The van der Waals surface area contributed by atoms with Crippen LogP contribution in [0.5, 0.6) is 0 Å². The fraction of sp³-hybridized carbons (Fsp3) is 0.533. The third-order valence-corrected chi connectivity index (χ3v) is 3.94. The summed E-state index contributed by atoms with van der Waals surface area (Å²) in [6.45, 7) is 2.23. The van der Waals surface area contributed by atoms with E-state index in [0.717, 1.165) is 12.0 Å². The standard InChI is InChI=1S/C15H19FO2/c1-10-5-3-4-6-12(10)11-7-8-14(16)13(9-11)15(17)18-2/h7-10,12H,3-6H2,1-2H3/t10-,12-/m0/s1. The lowest BCUT2D eigenvalue weighted by Crippen LogP contribution is -2.16. The number of rotatable bonds is 2. The van der Waals surface area contributed by atoms with Crippen LogP contribution in [0.15, 0.2) is 18.2 Å². The van der Waals surface area contributed by atoms with Gasteiger partial charge in [0.15, 0.2) is 0 Å². The maximum Gasteiger partial charge on any atom is 0.340 e. The molecule has 0 heterocycles. The summed E-state index contributed by atoms with van der Waals surface area (Å²) in [7, 11) is 1.28. The average Bonchev–Trinajstić information content (AvgIpc) is 2.39. The van der Waals surface area contributed by atoms with E-state index in [9.17, 15) is 9.18 Å². The number of esters is 1. The molecule has 0 bridgehead atoms. The van der Waals surface area contributed by atoms with Gasteiger partial charge in [0.05, 0.1) is 12.7 Å². The topological polar surface area (TPSA) is 26.3 Å². The molecule has 98 valence electrons. The minimum absolute atomic E-state index is 0.0489. The van der Waals surface area contributed by atoms with Crippen LogP contribution in [0.25, 0.3) is 0 Å². The van der Waals surface area contributed by atoms with Crippen molar-refractivity contribution in [3.63, 3.8) is 0 Å². The summed E-state index contributed by atoms with van der Waals surface area (Å²) >= 11 is 0. The van der Waals surface area contributed by atoms with E-state index in [2.05, 4.69) is 11.7 Å². The first-order valence-electron chi connectivity index (χ1n) is 6.51. The van der Waals surface area contributed by atoms with Crippen LogP contribution in [0.2, 0.25) is 0 Å². The molecule has 2 rings (SSSR count). The van der Waals surface area contributed by atoms with Crippen molar-refractivity contribution >= 4 is 5.97 Å². The number of methoxy groups -OCH3 is 1. The number of ether oxygens (including phenoxy) is 1. The second-order valence-corrected chi connectivity index (χ2v) is 5.10. The van der Waals surface area contributed by atoms with Crippen LogP contribution in [-0.4, -0.2) is 13.1 Å². The molecule has 0 amide bonds. The Bertz CT molecular complexity index is 442. The van der Waals surface area contributed by atoms with Gasteiger partial charge in [-0.15, -0.1) is 0 Å². The van der Waals surface area contributed by atoms with Gasteiger partial charge in [0, 0.05) is 0 Å². The monoisotopic (exact) mass is 250 g/mol. The summed E-state index contributed by atoms with van der Waals surface area (Å²) in [6, 6.07) is 4.84. The van der Waals surface area contributed by atoms with E-state index in [0.29, 0.717) is 11.8 Å². The van der Waals surface area contributed by atoms with Gasteiger partial charge in [0.2, 0.25) is 0 Å². The number of benzene rings is 1. The van der Waals surface area contributed by atoms with Gasteiger partial charge in [-0.2, -0.15) is 0 Å². The number of hydrogen-bond donors (Lipinski definition) is 0. The highest BCUT2D eigenvalue weighted by Gasteiger charge is 2.24. The molecule has 1 aliphatic rings. The number of carbonyl (C=O) groups is 1. The summed E-state index contributed by atoms with van der Waals surface area (Å²) in [5, 5.41) is 0. The Morgan fingerprint density at radius 2 is 2.06 bits per heavy atom. The molecule has 18 heavy (non-hydrogen) atoms. The van der Waals surface area contributed by atoms with E-state index in [-0.39, 0.29) is 5.56 Å². The Balaban J connectivity index is 2.31. The predicted molar refractivity (Wildman–Crippen MR) is 68.1 cm³/mol. The zero-order valence-electron chi connectivity index (χ0n) is 10.9. The summed E-state index contributed by atoms with van der Waals surface area (Å²) in [5.41, 5.74) is 1.11. The molecule has 2 atom stereocenters. The van der Waals surface area contributed by atoms with Gasteiger partial charge in [-0.25, -0.2) is 9.18 Å². The lowest BCUT2D eigenvalue weighted by molar-refractivity contribution is 0.0595. The van der Waals surface area contributed by atoms with Crippen molar-refractivity contribution in [3.05, 3.63) is 35.1 Å². The van der Waals surface area contributed by atoms with Crippen molar-refractivity contribution in [1.82, 2.24) is 0 Å². The Labute approximate surface area is 107 Å². The Morgan fingerprint density at radius 1 is 1.33 bits per heavy atom. The lowest BCUT2D eigenvalue weighted by Gasteiger charge is -2.29. The van der Waals surface area contributed by atoms with Gasteiger partial charge in [0.1, 0.15) is 5.82 Å². The molecule has 0 radical (unpaired) electrons. The van der Waals surface area contributed by atoms with Crippen LogP contribution in [0.1, 0.15) is 54.4 Å².